The number of nitrogens with zero attached hydrogens (tertiary/aromatic N) is 3. The predicted molar refractivity (Wildman–Crippen MR) is 107 cm³/mol. The second kappa shape index (κ2) is 7.13. The Labute approximate surface area is 165 Å². The molecule has 0 fully saturated rings. The van der Waals surface area contributed by atoms with E-state index in [1.165, 1.54) is 30.6 Å². The summed E-state index contributed by atoms with van der Waals surface area (Å²) < 4.78 is 39.7. The van der Waals surface area contributed by atoms with Crippen molar-refractivity contribution in [3.8, 4) is 22.8 Å². The average Bonchev–Trinajstić information content (AvgIpc) is 3.27. The minimum absolute atomic E-state index is 0.00110. The summed E-state index contributed by atoms with van der Waals surface area (Å²) >= 11 is 1.36. The van der Waals surface area contributed by atoms with Crippen molar-refractivity contribution < 1.29 is 17.9 Å². The number of sulfonamides is 1. The number of methoxy groups -OCH3 is 2. The lowest BCUT2D eigenvalue weighted by Gasteiger charge is -2.06. The Kier molecular flexibility index (Phi) is 4.65. The first kappa shape index (κ1) is 18.3. The van der Waals surface area contributed by atoms with Gasteiger partial charge in [0.1, 0.15) is 11.5 Å². The van der Waals surface area contributed by atoms with Crippen LogP contribution in [0, 0.1) is 0 Å². The highest BCUT2D eigenvalue weighted by molar-refractivity contribution is 7.92. The van der Waals surface area contributed by atoms with Gasteiger partial charge in [0.25, 0.3) is 16.0 Å². The first-order valence-corrected chi connectivity index (χ1v) is 10.5. The molecule has 2 aromatic carbocycles. The van der Waals surface area contributed by atoms with Gasteiger partial charge in [-0.2, -0.15) is 4.98 Å². The van der Waals surface area contributed by atoms with E-state index in [9.17, 15) is 8.42 Å². The number of nitrogens with one attached hydrogen (secondary N) is 1. The summed E-state index contributed by atoms with van der Waals surface area (Å²) in [6, 6.07) is 13.6. The standard InChI is InChI=1S/C18H16N4O4S2/c1-25-12-7-9-13(10-8-12)28(23,24)21-17-19-18-22(20-17)15(11-27-18)14-5-3-4-6-16(14)26-2/h3-11H,1-2H3,(H,20,21). The van der Waals surface area contributed by atoms with Gasteiger partial charge in [-0.15, -0.1) is 16.4 Å². The van der Waals surface area contributed by atoms with Gasteiger partial charge in [0.15, 0.2) is 0 Å². The zero-order valence-corrected chi connectivity index (χ0v) is 16.6. The van der Waals surface area contributed by atoms with Crippen molar-refractivity contribution in [3.63, 3.8) is 0 Å². The molecule has 28 heavy (non-hydrogen) atoms. The topological polar surface area (TPSA) is 94.8 Å². The normalized spacial score (nSPS) is 11.5. The molecule has 0 aliphatic carbocycles. The van der Waals surface area contributed by atoms with E-state index in [4.69, 9.17) is 9.47 Å². The number of hydrogen-bond acceptors (Lipinski definition) is 7. The van der Waals surface area contributed by atoms with Gasteiger partial charge in [-0.1, -0.05) is 12.1 Å². The van der Waals surface area contributed by atoms with Gasteiger partial charge in [-0.05, 0) is 36.4 Å². The Morgan fingerprint density at radius 3 is 2.50 bits per heavy atom. The molecule has 4 rings (SSSR count). The molecule has 10 heteroatoms. The van der Waals surface area contributed by atoms with E-state index in [2.05, 4.69) is 14.8 Å². The van der Waals surface area contributed by atoms with E-state index < -0.39 is 10.0 Å². The van der Waals surface area contributed by atoms with Crippen molar-refractivity contribution in [2.24, 2.45) is 0 Å². The molecule has 1 N–H and O–H groups in total. The molecule has 0 atom stereocenters. The Hall–Kier alpha value is -3.11. The maximum absolute atomic E-state index is 12.6. The Bertz CT molecular complexity index is 1230. The number of hydrogen-bond donors (Lipinski definition) is 1. The number of anilines is 1. The zero-order valence-electron chi connectivity index (χ0n) is 15.0. The van der Waals surface area contributed by atoms with E-state index in [1.807, 2.05) is 29.6 Å². The fourth-order valence-corrected chi connectivity index (χ4v) is 4.46. The number of aromatic nitrogens is 3. The SMILES string of the molecule is COc1ccc(S(=O)(=O)Nc2nc3scc(-c4ccccc4OC)n3n2)cc1. The predicted octanol–water partition coefficient (Wildman–Crippen LogP) is 3.28. The third kappa shape index (κ3) is 3.27. The molecule has 8 nitrogen and oxygen atoms in total. The fourth-order valence-electron chi connectivity index (χ4n) is 2.70. The van der Waals surface area contributed by atoms with Crippen LogP contribution in [0.2, 0.25) is 0 Å². The van der Waals surface area contributed by atoms with Crippen LogP contribution in [0.15, 0.2) is 58.8 Å². The van der Waals surface area contributed by atoms with Crippen molar-refractivity contribution in [3.05, 3.63) is 53.9 Å². The van der Waals surface area contributed by atoms with Crippen molar-refractivity contribution in [1.82, 2.24) is 14.6 Å². The molecule has 2 heterocycles. The van der Waals surface area contributed by atoms with Crippen LogP contribution in [-0.4, -0.2) is 37.2 Å². The smallest absolute Gasteiger partial charge is 0.264 e. The maximum atomic E-state index is 12.6. The summed E-state index contributed by atoms with van der Waals surface area (Å²) in [5.41, 5.74) is 1.60. The molecule has 0 aliphatic heterocycles. The molecule has 4 aromatic rings. The lowest BCUT2D eigenvalue weighted by molar-refractivity contribution is 0.414. The minimum atomic E-state index is -3.82. The molecule has 0 amide bonds. The largest absolute Gasteiger partial charge is 0.497 e. The summed E-state index contributed by atoms with van der Waals surface area (Å²) in [6.45, 7) is 0. The van der Waals surface area contributed by atoms with Gasteiger partial charge in [-0.25, -0.2) is 17.7 Å². The van der Waals surface area contributed by atoms with Crippen LogP contribution in [0.5, 0.6) is 11.5 Å². The Balaban J connectivity index is 1.68. The van der Waals surface area contributed by atoms with E-state index in [-0.39, 0.29) is 10.8 Å². The van der Waals surface area contributed by atoms with Crippen molar-refractivity contribution >= 4 is 32.3 Å². The third-order valence-corrected chi connectivity index (χ3v) is 6.22. The number of thiazole rings is 1. The van der Waals surface area contributed by atoms with Crippen LogP contribution in [0.3, 0.4) is 0 Å². The van der Waals surface area contributed by atoms with Gasteiger partial charge in [0.05, 0.1) is 24.8 Å². The van der Waals surface area contributed by atoms with Gasteiger partial charge in [-0.3, -0.25) is 0 Å². The summed E-state index contributed by atoms with van der Waals surface area (Å²) in [4.78, 5) is 4.93. The summed E-state index contributed by atoms with van der Waals surface area (Å²) in [5.74, 6) is 1.26. The van der Waals surface area contributed by atoms with Crippen LogP contribution in [0.25, 0.3) is 16.2 Å². The summed E-state index contributed by atoms with van der Waals surface area (Å²) in [7, 11) is -0.706. The molecule has 0 bridgehead atoms. The fraction of sp³-hybridized carbons (Fsp3) is 0.111. The monoisotopic (exact) mass is 416 g/mol. The van der Waals surface area contributed by atoms with Crippen molar-refractivity contribution in [1.29, 1.82) is 0 Å². The summed E-state index contributed by atoms with van der Waals surface area (Å²) in [5, 5.41) is 6.21. The van der Waals surface area contributed by atoms with Crippen LogP contribution < -0.4 is 14.2 Å². The number of fused-ring (bicyclic) bond motifs is 1. The third-order valence-electron chi connectivity index (χ3n) is 4.06. The van der Waals surface area contributed by atoms with Gasteiger partial charge < -0.3 is 9.47 Å². The molecular formula is C18H16N4O4S2. The highest BCUT2D eigenvalue weighted by Crippen LogP contribution is 2.32. The van der Waals surface area contributed by atoms with Crippen LogP contribution in [-0.2, 0) is 10.0 Å². The lowest BCUT2D eigenvalue weighted by atomic mass is 10.1. The quantitative estimate of drug-likeness (QED) is 0.518. The molecule has 0 spiro atoms. The Morgan fingerprint density at radius 1 is 1.04 bits per heavy atom. The molecule has 0 saturated carbocycles. The number of benzene rings is 2. The zero-order chi connectivity index (χ0) is 19.7. The molecular weight excluding hydrogens is 400 g/mol. The van der Waals surface area contributed by atoms with Crippen molar-refractivity contribution in [2.45, 2.75) is 4.90 Å². The van der Waals surface area contributed by atoms with E-state index in [0.717, 1.165) is 11.3 Å². The molecule has 144 valence electrons. The van der Waals surface area contributed by atoms with Gasteiger partial charge >= 0.3 is 0 Å². The van der Waals surface area contributed by atoms with E-state index in [0.29, 0.717) is 16.5 Å². The Morgan fingerprint density at radius 2 is 1.79 bits per heavy atom. The van der Waals surface area contributed by atoms with Crippen LogP contribution >= 0.6 is 11.3 Å². The highest BCUT2D eigenvalue weighted by atomic mass is 32.2. The lowest BCUT2D eigenvalue weighted by Crippen LogP contribution is -2.14. The first-order chi connectivity index (χ1) is 13.5. The van der Waals surface area contributed by atoms with Gasteiger partial charge in [0.2, 0.25) is 4.96 Å². The number of ether oxygens (including phenoxy) is 2. The van der Waals surface area contributed by atoms with E-state index in [1.54, 1.807) is 23.8 Å². The molecule has 0 aliphatic rings. The van der Waals surface area contributed by atoms with E-state index >= 15 is 0 Å². The summed E-state index contributed by atoms with van der Waals surface area (Å²) in [6.07, 6.45) is 0. The minimum Gasteiger partial charge on any atom is -0.497 e. The number of rotatable bonds is 6. The second-order valence-electron chi connectivity index (χ2n) is 5.73. The van der Waals surface area contributed by atoms with Gasteiger partial charge in [0, 0.05) is 10.9 Å². The molecule has 0 saturated heterocycles. The van der Waals surface area contributed by atoms with Crippen LogP contribution in [0.4, 0.5) is 5.95 Å². The average molecular weight is 416 g/mol. The first-order valence-electron chi connectivity index (χ1n) is 8.16. The number of para-hydroxylation sites is 1. The second-order valence-corrected chi connectivity index (χ2v) is 8.25. The highest BCUT2D eigenvalue weighted by Gasteiger charge is 2.19. The maximum Gasteiger partial charge on any atom is 0.264 e. The van der Waals surface area contributed by atoms with Crippen LogP contribution in [0.1, 0.15) is 0 Å². The molecule has 0 radical (unpaired) electrons. The molecule has 0 unspecified atom stereocenters. The van der Waals surface area contributed by atoms with Crippen molar-refractivity contribution in [2.75, 3.05) is 18.9 Å². The molecule has 2 aromatic heterocycles.